The van der Waals surface area contributed by atoms with Crippen molar-refractivity contribution in [3.63, 3.8) is 0 Å². The molecule has 1 aromatic heterocycles. The number of halogens is 3. The van der Waals surface area contributed by atoms with Gasteiger partial charge in [0.1, 0.15) is 10.8 Å². The normalized spacial score (nSPS) is 19.2. The van der Waals surface area contributed by atoms with Crippen molar-refractivity contribution < 1.29 is 22.1 Å². The van der Waals surface area contributed by atoms with Crippen molar-refractivity contribution in [1.82, 2.24) is 9.71 Å². The molecule has 1 aromatic carbocycles. The van der Waals surface area contributed by atoms with E-state index in [1.165, 1.54) is 29.5 Å². The van der Waals surface area contributed by atoms with Crippen LogP contribution in [0.1, 0.15) is 38.6 Å². The average Bonchev–Trinajstić information content (AvgIpc) is 2.97. The summed E-state index contributed by atoms with van der Waals surface area (Å²) in [6.45, 7) is 5.71. The number of nitrogens with one attached hydrogen (secondary N) is 1. The van der Waals surface area contributed by atoms with E-state index in [0.717, 1.165) is 29.4 Å². The molecular formula is C17H21F3N2O2S3. The molecule has 1 saturated heterocycles. The number of fused-ring (bicyclic) bond motifs is 1. The Balaban J connectivity index is 1.97. The summed E-state index contributed by atoms with van der Waals surface area (Å²) in [6.07, 6.45) is -3.19. The van der Waals surface area contributed by atoms with Crippen molar-refractivity contribution >= 4 is 44.3 Å². The van der Waals surface area contributed by atoms with Crippen LogP contribution in [-0.4, -0.2) is 31.8 Å². The maximum Gasteiger partial charge on any atom is 0.573 e. The zero-order chi connectivity index (χ0) is 19.9. The lowest BCUT2D eigenvalue weighted by Gasteiger charge is -2.37. The largest absolute Gasteiger partial charge is 0.573 e. The van der Waals surface area contributed by atoms with Gasteiger partial charge in [-0.15, -0.1) is 24.5 Å². The van der Waals surface area contributed by atoms with Crippen LogP contribution in [0.2, 0.25) is 0 Å². The third kappa shape index (κ3) is 4.96. The molecule has 1 N–H and O–H groups in total. The highest BCUT2D eigenvalue weighted by Gasteiger charge is 2.40. The predicted octanol–water partition coefficient (Wildman–Crippen LogP) is 4.97. The maximum absolute atomic E-state index is 12.8. The molecule has 0 radical (unpaired) electrons. The second kappa shape index (κ2) is 7.53. The Bertz CT molecular complexity index is 840. The Morgan fingerprint density at radius 2 is 1.89 bits per heavy atom. The van der Waals surface area contributed by atoms with E-state index in [-0.39, 0.29) is 5.75 Å². The summed E-state index contributed by atoms with van der Waals surface area (Å²) < 4.78 is 57.7. The molecule has 4 nitrogen and oxygen atoms in total. The second-order valence-corrected chi connectivity index (χ2v) is 11.6. The van der Waals surface area contributed by atoms with E-state index in [1.54, 1.807) is 0 Å². The number of aromatic nitrogens is 1. The van der Waals surface area contributed by atoms with Crippen LogP contribution in [0.5, 0.6) is 5.75 Å². The summed E-state index contributed by atoms with van der Waals surface area (Å²) in [5, 5.41) is 0.763. The Labute approximate surface area is 166 Å². The predicted molar refractivity (Wildman–Crippen MR) is 106 cm³/mol. The highest BCUT2D eigenvalue weighted by molar-refractivity contribution is 7.99. The number of rotatable bonds is 4. The van der Waals surface area contributed by atoms with Gasteiger partial charge in [0.05, 0.1) is 31.5 Å². The molecule has 1 fully saturated rings. The topological polar surface area (TPSA) is 51.2 Å². The summed E-state index contributed by atoms with van der Waals surface area (Å²) in [4.78, 5) is 4.66. The molecule has 3 rings (SSSR count). The van der Waals surface area contributed by atoms with Crippen LogP contribution in [0.15, 0.2) is 18.2 Å². The maximum atomic E-state index is 12.8. The molecular weight excluding hydrogens is 417 g/mol. The third-order valence-corrected chi connectivity index (χ3v) is 8.09. The summed E-state index contributed by atoms with van der Waals surface area (Å²) in [5.41, 5.74) is 0.0865. The Morgan fingerprint density at radius 1 is 1.22 bits per heavy atom. The van der Waals surface area contributed by atoms with Crippen molar-refractivity contribution in [3.8, 4) is 5.75 Å². The van der Waals surface area contributed by atoms with Gasteiger partial charge in [0, 0.05) is 0 Å². The quantitative estimate of drug-likeness (QED) is 0.732. The van der Waals surface area contributed by atoms with Crippen LogP contribution in [0.3, 0.4) is 0 Å². The van der Waals surface area contributed by atoms with Crippen LogP contribution in [0, 0.1) is 0 Å². The van der Waals surface area contributed by atoms with Gasteiger partial charge in [0.2, 0.25) is 0 Å². The number of alkyl halides is 3. The summed E-state index contributed by atoms with van der Waals surface area (Å²) in [5.74, 6) is 1.56. The smallest absolute Gasteiger partial charge is 0.406 e. The number of hydrogen-bond acceptors (Lipinski definition) is 5. The molecule has 10 heteroatoms. The molecule has 1 aliphatic heterocycles. The van der Waals surface area contributed by atoms with Crippen LogP contribution in [0.4, 0.5) is 13.2 Å². The van der Waals surface area contributed by atoms with Gasteiger partial charge in [-0.3, -0.25) is 0 Å². The lowest BCUT2D eigenvalue weighted by Crippen LogP contribution is -2.50. The van der Waals surface area contributed by atoms with E-state index in [2.05, 4.69) is 14.4 Å². The minimum atomic E-state index is -4.73. The van der Waals surface area contributed by atoms with Crippen LogP contribution in [0.25, 0.3) is 10.2 Å². The standard InChI is InChI=1S/C17H21F3N2O2S3/c1-15(2,3)27(23)22-16(6-8-25-9-7-16)14-21-12-5-4-11(10-13(12)26-14)24-17(18,19)20/h4-5,10,22H,6-9H2,1-3H3. The lowest BCUT2D eigenvalue weighted by atomic mass is 9.94. The first-order valence-corrected chi connectivity index (χ1v) is 11.5. The van der Waals surface area contributed by atoms with E-state index in [9.17, 15) is 17.4 Å². The molecule has 0 amide bonds. The van der Waals surface area contributed by atoms with Crippen LogP contribution in [-0.2, 0) is 16.5 Å². The number of hydrogen-bond donors (Lipinski definition) is 1. The van der Waals surface area contributed by atoms with E-state index in [1.807, 2.05) is 32.5 Å². The van der Waals surface area contributed by atoms with E-state index in [4.69, 9.17) is 0 Å². The molecule has 2 aromatic rings. The molecule has 1 aliphatic rings. The summed E-state index contributed by atoms with van der Waals surface area (Å²) in [6, 6.07) is 4.15. The van der Waals surface area contributed by atoms with Gasteiger partial charge >= 0.3 is 6.36 Å². The highest BCUT2D eigenvalue weighted by Crippen LogP contribution is 2.41. The van der Waals surface area contributed by atoms with Gasteiger partial charge in [-0.05, 0) is 63.3 Å². The van der Waals surface area contributed by atoms with Crippen molar-refractivity contribution in [1.29, 1.82) is 0 Å². The fraction of sp³-hybridized carbons (Fsp3) is 0.588. The first kappa shape index (κ1) is 20.9. The SMILES string of the molecule is CC(C)(C)S(=O)NC1(c2nc3ccc(OC(F)(F)F)cc3s2)CCSCC1. The summed E-state index contributed by atoms with van der Waals surface area (Å²) >= 11 is 3.17. The first-order valence-electron chi connectivity index (χ1n) is 8.43. The van der Waals surface area contributed by atoms with Gasteiger partial charge in [0.15, 0.2) is 0 Å². The second-order valence-electron chi connectivity index (χ2n) is 7.37. The van der Waals surface area contributed by atoms with Crippen molar-refractivity contribution in [2.24, 2.45) is 0 Å². The highest BCUT2D eigenvalue weighted by atomic mass is 32.2. The third-order valence-electron chi connectivity index (χ3n) is 4.19. The number of nitrogens with zero attached hydrogens (tertiary/aromatic N) is 1. The number of thiazole rings is 1. The van der Waals surface area contributed by atoms with Crippen molar-refractivity contribution in [2.75, 3.05) is 11.5 Å². The average molecular weight is 439 g/mol. The van der Waals surface area contributed by atoms with Gasteiger partial charge in [-0.25, -0.2) is 13.9 Å². The molecule has 27 heavy (non-hydrogen) atoms. The summed E-state index contributed by atoms with van der Waals surface area (Å²) in [7, 11) is -1.28. The molecule has 2 heterocycles. The van der Waals surface area contributed by atoms with Crippen LogP contribution < -0.4 is 9.46 Å². The monoisotopic (exact) mass is 438 g/mol. The number of benzene rings is 1. The van der Waals surface area contributed by atoms with Crippen molar-refractivity contribution in [3.05, 3.63) is 23.2 Å². The van der Waals surface area contributed by atoms with Gasteiger partial charge < -0.3 is 4.74 Å². The van der Waals surface area contributed by atoms with Gasteiger partial charge in [-0.1, -0.05) is 0 Å². The number of ether oxygens (including phenoxy) is 1. The molecule has 1 atom stereocenters. The molecule has 0 aliphatic carbocycles. The zero-order valence-electron chi connectivity index (χ0n) is 15.2. The lowest BCUT2D eigenvalue weighted by molar-refractivity contribution is -0.274. The Hall–Kier alpha value is -0.840. The molecule has 1 unspecified atom stereocenters. The van der Waals surface area contributed by atoms with E-state index in [0.29, 0.717) is 10.2 Å². The molecule has 0 saturated carbocycles. The Morgan fingerprint density at radius 3 is 2.48 bits per heavy atom. The van der Waals surface area contributed by atoms with Gasteiger partial charge in [-0.2, -0.15) is 11.8 Å². The molecule has 0 spiro atoms. The molecule has 150 valence electrons. The van der Waals surface area contributed by atoms with Gasteiger partial charge in [0.25, 0.3) is 0 Å². The zero-order valence-corrected chi connectivity index (χ0v) is 17.6. The fourth-order valence-electron chi connectivity index (χ4n) is 2.72. The van der Waals surface area contributed by atoms with Crippen molar-refractivity contribution in [2.45, 2.75) is 50.3 Å². The Kier molecular flexibility index (Phi) is 5.82. The van der Waals surface area contributed by atoms with Crippen LogP contribution >= 0.6 is 23.1 Å². The molecule has 0 bridgehead atoms. The first-order chi connectivity index (χ1) is 12.5. The van der Waals surface area contributed by atoms with E-state index < -0.39 is 27.6 Å². The minimum Gasteiger partial charge on any atom is -0.406 e. The minimum absolute atomic E-state index is 0.260. The fourth-order valence-corrected chi connectivity index (χ4v) is 6.13. The number of thioether (sulfide) groups is 1. The van der Waals surface area contributed by atoms with E-state index >= 15 is 0 Å².